The fraction of sp³-hybridized carbons (Fsp3) is 0.154. The number of benzene rings is 1. The molecule has 0 amide bonds. The number of rotatable bonds is 4. The van der Waals surface area contributed by atoms with Gasteiger partial charge in [-0.15, -0.1) is 0 Å². The topological polar surface area (TPSA) is 98.8 Å². The summed E-state index contributed by atoms with van der Waals surface area (Å²) in [5.74, 6) is 1.34. The van der Waals surface area contributed by atoms with Crippen LogP contribution in [0.2, 0.25) is 0 Å². The lowest BCUT2D eigenvalue weighted by Crippen LogP contribution is -2.03. The number of hydrogen-bond acceptors (Lipinski definition) is 6. The maximum Gasteiger partial charge on any atom is 0.270 e. The third kappa shape index (κ3) is 2.78. The van der Waals surface area contributed by atoms with Crippen LogP contribution in [0, 0.1) is 10.1 Å². The molecule has 8 nitrogen and oxygen atoms in total. The van der Waals surface area contributed by atoms with E-state index in [0.717, 1.165) is 5.39 Å². The molecule has 0 spiro atoms. The second-order valence-corrected chi connectivity index (χ2v) is 4.52. The van der Waals surface area contributed by atoms with Crippen LogP contribution in [0.4, 0.5) is 11.5 Å². The molecule has 0 saturated carbocycles. The van der Waals surface area contributed by atoms with E-state index in [9.17, 15) is 10.1 Å². The number of anilines is 1. The van der Waals surface area contributed by atoms with Crippen molar-refractivity contribution in [3.8, 4) is 0 Å². The first kappa shape index (κ1) is 13.0. The molecule has 3 rings (SSSR count). The lowest BCUT2D eigenvalue weighted by molar-refractivity contribution is -0.384. The van der Waals surface area contributed by atoms with Crippen molar-refractivity contribution in [1.82, 2.24) is 19.7 Å². The van der Waals surface area contributed by atoms with Crippen LogP contribution in [-0.4, -0.2) is 24.7 Å². The molecule has 8 heteroatoms. The first-order valence-electron chi connectivity index (χ1n) is 6.25. The van der Waals surface area contributed by atoms with Gasteiger partial charge >= 0.3 is 0 Å². The lowest BCUT2D eigenvalue weighted by Gasteiger charge is -2.04. The minimum absolute atomic E-state index is 0.0581. The Morgan fingerprint density at radius 1 is 1.33 bits per heavy atom. The standard InChI is InChI=1S/C13H12N6O2/c1-18-8-15-13(17-18)7-14-12-5-2-9-6-10(19(20)21)3-4-11(9)16-12/h2-6,8H,7H2,1H3,(H,14,16). The Bertz CT molecular complexity index is 813. The van der Waals surface area contributed by atoms with Gasteiger partial charge in [0.15, 0.2) is 5.82 Å². The molecule has 106 valence electrons. The average Bonchev–Trinajstić information content (AvgIpc) is 2.90. The van der Waals surface area contributed by atoms with Crippen molar-refractivity contribution in [2.45, 2.75) is 6.54 Å². The van der Waals surface area contributed by atoms with Crippen LogP contribution >= 0.6 is 0 Å². The number of nitro groups is 1. The Labute approximate surface area is 119 Å². The number of nitrogens with one attached hydrogen (secondary N) is 1. The summed E-state index contributed by atoms with van der Waals surface area (Å²) in [7, 11) is 1.80. The molecule has 1 N–H and O–H groups in total. The van der Waals surface area contributed by atoms with Crippen LogP contribution in [0.5, 0.6) is 0 Å². The van der Waals surface area contributed by atoms with Gasteiger partial charge in [-0.05, 0) is 18.2 Å². The number of aryl methyl sites for hydroxylation is 1. The van der Waals surface area contributed by atoms with Gasteiger partial charge in [0.1, 0.15) is 12.1 Å². The van der Waals surface area contributed by atoms with Crippen molar-refractivity contribution in [1.29, 1.82) is 0 Å². The van der Waals surface area contributed by atoms with Crippen LogP contribution in [0.1, 0.15) is 5.82 Å². The second-order valence-electron chi connectivity index (χ2n) is 4.52. The summed E-state index contributed by atoms with van der Waals surface area (Å²) in [6.07, 6.45) is 1.63. The Morgan fingerprint density at radius 2 is 2.19 bits per heavy atom. The highest BCUT2D eigenvalue weighted by atomic mass is 16.6. The molecule has 3 aromatic rings. The van der Waals surface area contributed by atoms with Gasteiger partial charge < -0.3 is 5.32 Å². The largest absolute Gasteiger partial charge is 0.363 e. The molecule has 0 fully saturated rings. The number of non-ortho nitro benzene ring substituents is 1. The van der Waals surface area contributed by atoms with Gasteiger partial charge in [-0.1, -0.05) is 0 Å². The molecule has 21 heavy (non-hydrogen) atoms. The molecule has 0 bridgehead atoms. The van der Waals surface area contributed by atoms with E-state index in [1.54, 1.807) is 36.3 Å². The molecule has 0 atom stereocenters. The predicted molar refractivity (Wildman–Crippen MR) is 76.7 cm³/mol. The van der Waals surface area contributed by atoms with E-state index in [-0.39, 0.29) is 5.69 Å². The van der Waals surface area contributed by atoms with Crippen molar-refractivity contribution in [3.05, 3.63) is 52.6 Å². The molecule has 0 aliphatic rings. The van der Waals surface area contributed by atoms with E-state index in [4.69, 9.17) is 0 Å². The van der Waals surface area contributed by atoms with Crippen LogP contribution in [0.15, 0.2) is 36.7 Å². The zero-order valence-electron chi connectivity index (χ0n) is 11.2. The van der Waals surface area contributed by atoms with Crippen molar-refractivity contribution in [2.75, 3.05) is 5.32 Å². The van der Waals surface area contributed by atoms with E-state index in [2.05, 4.69) is 20.4 Å². The first-order valence-corrected chi connectivity index (χ1v) is 6.25. The highest BCUT2D eigenvalue weighted by Gasteiger charge is 2.07. The summed E-state index contributed by atoms with van der Waals surface area (Å²) >= 11 is 0. The smallest absolute Gasteiger partial charge is 0.270 e. The summed E-state index contributed by atoms with van der Waals surface area (Å²) in [5.41, 5.74) is 0.752. The van der Waals surface area contributed by atoms with E-state index in [1.165, 1.54) is 12.1 Å². The summed E-state index contributed by atoms with van der Waals surface area (Å²) in [4.78, 5) is 18.8. The molecule has 2 aromatic heterocycles. The summed E-state index contributed by atoms with van der Waals surface area (Å²) < 4.78 is 1.63. The van der Waals surface area contributed by atoms with E-state index in [1.807, 2.05) is 0 Å². The molecule has 2 heterocycles. The minimum atomic E-state index is -0.418. The van der Waals surface area contributed by atoms with Crippen LogP contribution in [0.3, 0.4) is 0 Å². The van der Waals surface area contributed by atoms with Crippen molar-refractivity contribution >= 4 is 22.4 Å². The molecule has 0 unspecified atom stereocenters. The van der Waals surface area contributed by atoms with Gasteiger partial charge in [-0.2, -0.15) is 5.10 Å². The molecule has 0 radical (unpaired) electrons. The van der Waals surface area contributed by atoms with E-state index < -0.39 is 4.92 Å². The van der Waals surface area contributed by atoms with E-state index >= 15 is 0 Å². The SMILES string of the molecule is Cn1cnc(CNc2ccc3cc([N+](=O)[O-])ccc3n2)n1. The van der Waals surface area contributed by atoms with Gasteiger partial charge in [-0.3, -0.25) is 14.8 Å². The minimum Gasteiger partial charge on any atom is -0.363 e. The van der Waals surface area contributed by atoms with Gasteiger partial charge in [-0.25, -0.2) is 9.97 Å². The number of aromatic nitrogens is 4. The Balaban J connectivity index is 1.80. The highest BCUT2D eigenvalue weighted by Crippen LogP contribution is 2.21. The average molecular weight is 284 g/mol. The number of nitrogens with zero attached hydrogens (tertiary/aromatic N) is 5. The van der Waals surface area contributed by atoms with Crippen LogP contribution in [-0.2, 0) is 13.6 Å². The Hall–Kier alpha value is -3.03. The normalized spacial score (nSPS) is 10.7. The molecule has 0 aliphatic heterocycles. The third-order valence-corrected chi connectivity index (χ3v) is 2.96. The van der Waals surface area contributed by atoms with Crippen molar-refractivity contribution in [2.24, 2.45) is 7.05 Å². The molecule has 0 saturated heterocycles. The molecular formula is C13H12N6O2. The summed E-state index contributed by atoms with van der Waals surface area (Å²) in [6.45, 7) is 0.465. The number of fused-ring (bicyclic) bond motifs is 1. The monoisotopic (exact) mass is 284 g/mol. The fourth-order valence-electron chi connectivity index (χ4n) is 1.96. The van der Waals surface area contributed by atoms with Gasteiger partial charge in [0.2, 0.25) is 0 Å². The Kier molecular flexibility index (Phi) is 3.19. The zero-order valence-corrected chi connectivity index (χ0v) is 11.2. The van der Waals surface area contributed by atoms with Gasteiger partial charge in [0, 0.05) is 24.6 Å². The Morgan fingerprint density at radius 3 is 2.90 bits per heavy atom. The summed E-state index contributed by atoms with van der Waals surface area (Å²) in [6, 6.07) is 8.15. The maximum atomic E-state index is 10.7. The summed E-state index contributed by atoms with van der Waals surface area (Å²) in [5, 5.41) is 18.7. The van der Waals surface area contributed by atoms with Crippen molar-refractivity contribution in [3.63, 3.8) is 0 Å². The van der Waals surface area contributed by atoms with Crippen molar-refractivity contribution < 1.29 is 4.92 Å². The maximum absolute atomic E-state index is 10.7. The first-order chi connectivity index (χ1) is 10.1. The number of nitro benzene ring substituents is 1. The third-order valence-electron chi connectivity index (χ3n) is 2.96. The van der Waals surface area contributed by atoms with Crippen LogP contribution in [0.25, 0.3) is 10.9 Å². The highest BCUT2D eigenvalue weighted by molar-refractivity contribution is 5.82. The van der Waals surface area contributed by atoms with E-state index in [0.29, 0.717) is 23.7 Å². The zero-order chi connectivity index (χ0) is 14.8. The number of hydrogen-bond donors (Lipinski definition) is 1. The lowest BCUT2D eigenvalue weighted by atomic mass is 10.2. The van der Waals surface area contributed by atoms with Crippen LogP contribution < -0.4 is 5.32 Å². The van der Waals surface area contributed by atoms with Gasteiger partial charge in [0.25, 0.3) is 5.69 Å². The predicted octanol–water partition coefficient (Wildman–Crippen LogP) is 1.88. The fourth-order valence-corrected chi connectivity index (χ4v) is 1.96. The van der Waals surface area contributed by atoms with Gasteiger partial charge in [0.05, 0.1) is 17.0 Å². The number of pyridine rings is 1. The molecule has 1 aromatic carbocycles. The molecule has 0 aliphatic carbocycles. The molecular weight excluding hydrogens is 272 g/mol. The quantitative estimate of drug-likeness (QED) is 0.580. The second kappa shape index (κ2) is 5.16.